The summed E-state index contributed by atoms with van der Waals surface area (Å²) in [5.41, 5.74) is 0. The summed E-state index contributed by atoms with van der Waals surface area (Å²) < 4.78 is 11.0. The highest BCUT2D eigenvalue weighted by molar-refractivity contribution is 8.22. The number of rotatable bonds is 3. The number of thiocarbonyl (C=S) groups is 1. The Balaban J connectivity index is 2.55. The molecular formula is C10H12O2S2. The highest BCUT2D eigenvalue weighted by atomic mass is 32.2. The molecule has 0 atom stereocenters. The number of methoxy groups -OCH3 is 1. The lowest BCUT2D eigenvalue weighted by atomic mass is 10.3. The second-order valence-electron chi connectivity index (χ2n) is 2.46. The molecule has 76 valence electrons. The maximum Gasteiger partial charge on any atom is 0.225 e. The Morgan fingerprint density at radius 3 is 2.36 bits per heavy atom. The number of hydrogen-bond donors (Lipinski definition) is 0. The minimum Gasteiger partial charge on any atom is -0.497 e. The summed E-state index contributed by atoms with van der Waals surface area (Å²) in [4.78, 5) is 0. The molecule has 0 saturated carbocycles. The molecule has 0 aliphatic rings. The zero-order valence-corrected chi connectivity index (χ0v) is 9.78. The van der Waals surface area contributed by atoms with E-state index in [0.29, 0.717) is 4.38 Å². The van der Waals surface area contributed by atoms with Crippen LogP contribution in [0.5, 0.6) is 11.5 Å². The third-order valence-corrected chi connectivity index (χ3v) is 2.57. The largest absolute Gasteiger partial charge is 0.497 e. The molecule has 1 aromatic carbocycles. The second kappa shape index (κ2) is 5.88. The zero-order valence-electron chi connectivity index (χ0n) is 8.15. The summed E-state index contributed by atoms with van der Waals surface area (Å²) in [6.45, 7) is 2.04. The monoisotopic (exact) mass is 228 g/mol. The van der Waals surface area contributed by atoms with Gasteiger partial charge in [-0.25, -0.2) is 0 Å². The van der Waals surface area contributed by atoms with E-state index < -0.39 is 0 Å². The van der Waals surface area contributed by atoms with Crippen LogP contribution in [-0.4, -0.2) is 17.2 Å². The average molecular weight is 228 g/mol. The third kappa shape index (κ3) is 3.55. The van der Waals surface area contributed by atoms with Crippen molar-refractivity contribution in [1.29, 1.82) is 0 Å². The molecule has 4 heteroatoms. The van der Waals surface area contributed by atoms with Gasteiger partial charge in [0, 0.05) is 0 Å². The first-order valence-electron chi connectivity index (χ1n) is 4.25. The number of ether oxygens (including phenoxy) is 2. The van der Waals surface area contributed by atoms with Crippen LogP contribution in [0.15, 0.2) is 24.3 Å². The van der Waals surface area contributed by atoms with E-state index in [2.05, 4.69) is 0 Å². The normalized spacial score (nSPS) is 9.57. The molecule has 0 spiro atoms. The molecule has 0 N–H and O–H groups in total. The standard InChI is InChI=1S/C10H12O2S2/c1-3-14-10(13)12-9-6-4-8(11-2)5-7-9/h4-7H,3H2,1-2H3. The van der Waals surface area contributed by atoms with Crippen LogP contribution in [0, 0.1) is 0 Å². The SMILES string of the molecule is CCSC(=S)Oc1ccc(OC)cc1. The van der Waals surface area contributed by atoms with E-state index in [9.17, 15) is 0 Å². The van der Waals surface area contributed by atoms with Gasteiger partial charge in [-0.05, 0) is 42.2 Å². The molecule has 0 amide bonds. The molecule has 0 unspecified atom stereocenters. The molecule has 0 bridgehead atoms. The Morgan fingerprint density at radius 1 is 1.29 bits per heavy atom. The topological polar surface area (TPSA) is 18.5 Å². The highest BCUT2D eigenvalue weighted by Gasteiger charge is 1.99. The van der Waals surface area contributed by atoms with E-state index in [1.54, 1.807) is 7.11 Å². The van der Waals surface area contributed by atoms with Crippen molar-refractivity contribution in [3.63, 3.8) is 0 Å². The van der Waals surface area contributed by atoms with E-state index >= 15 is 0 Å². The summed E-state index contributed by atoms with van der Waals surface area (Å²) in [6.07, 6.45) is 0. The van der Waals surface area contributed by atoms with Crippen molar-refractivity contribution >= 4 is 28.4 Å². The van der Waals surface area contributed by atoms with Crippen molar-refractivity contribution < 1.29 is 9.47 Å². The van der Waals surface area contributed by atoms with Crippen LogP contribution in [0.1, 0.15) is 6.92 Å². The van der Waals surface area contributed by atoms with Crippen molar-refractivity contribution in [2.75, 3.05) is 12.9 Å². The van der Waals surface area contributed by atoms with E-state index in [1.807, 2.05) is 31.2 Å². The maximum atomic E-state index is 5.39. The number of hydrogen-bond acceptors (Lipinski definition) is 4. The van der Waals surface area contributed by atoms with Crippen LogP contribution in [0.3, 0.4) is 0 Å². The van der Waals surface area contributed by atoms with Gasteiger partial charge < -0.3 is 9.47 Å². The summed E-state index contributed by atoms with van der Waals surface area (Å²) in [7, 11) is 1.63. The first-order chi connectivity index (χ1) is 6.76. The Labute approximate surface area is 93.6 Å². The molecule has 2 nitrogen and oxygen atoms in total. The van der Waals surface area contributed by atoms with Gasteiger partial charge in [-0.2, -0.15) is 0 Å². The summed E-state index contributed by atoms with van der Waals surface area (Å²) >= 11 is 6.52. The van der Waals surface area contributed by atoms with Crippen LogP contribution in [0.2, 0.25) is 0 Å². The zero-order chi connectivity index (χ0) is 10.4. The second-order valence-corrected chi connectivity index (χ2v) is 4.33. The summed E-state index contributed by atoms with van der Waals surface area (Å²) in [5.74, 6) is 2.48. The fourth-order valence-corrected chi connectivity index (χ4v) is 1.73. The van der Waals surface area contributed by atoms with Gasteiger partial charge in [-0.3, -0.25) is 0 Å². The van der Waals surface area contributed by atoms with Gasteiger partial charge in [-0.15, -0.1) is 0 Å². The molecule has 0 radical (unpaired) electrons. The lowest BCUT2D eigenvalue weighted by molar-refractivity contribution is 0.414. The van der Waals surface area contributed by atoms with Crippen LogP contribution >= 0.6 is 24.0 Å². The molecule has 0 fully saturated rings. The molecule has 1 rings (SSSR count). The van der Waals surface area contributed by atoms with Crippen molar-refractivity contribution in [1.82, 2.24) is 0 Å². The fourth-order valence-electron chi connectivity index (χ4n) is 0.887. The van der Waals surface area contributed by atoms with Crippen molar-refractivity contribution in [3.8, 4) is 11.5 Å². The third-order valence-electron chi connectivity index (χ3n) is 1.52. The van der Waals surface area contributed by atoms with Crippen LogP contribution in [-0.2, 0) is 0 Å². The lowest BCUT2D eigenvalue weighted by Gasteiger charge is -2.05. The predicted molar refractivity (Wildman–Crippen MR) is 64.4 cm³/mol. The predicted octanol–water partition coefficient (Wildman–Crippen LogP) is 3.11. The minimum atomic E-state index is 0.553. The molecular weight excluding hydrogens is 216 g/mol. The molecule has 0 heterocycles. The molecule has 0 aliphatic carbocycles. The maximum absolute atomic E-state index is 5.39. The van der Waals surface area contributed by atoms with Gasteiger partial charge in [0.25, 0.3) is 0 Å². The summed E-state index contributed by atoms with van der Waals surface area (Å²) in [5, 5.41) is 0. The van der Waals surface area contributed by atoms with Gasteiger partial charge in [0.15, 0.2) is 0 Å². The van der Waals surface area contributed by atoms with Gasteiger partial charge in [0.05, 0.1) is 7.11 Å². The van der Waals surface area contributed by atoms with E-state index in [0.717, 1.165) is 17.3 Å². The molecule has 14 heavy (non-hydrogen) atoms. The fraction of sp³-hybridized carbons (Fsp3) is 0.300. The number of thioether (sulfide) groups is 1. The van der Waals surface area contributed by atoms with E-state index in [1.165, 1.54) is 11.8 Å². The lowest BCUT2D eigenvalue weighted by Crippen LogP contribution is -2.00. The highest BCUT2D eigenvalue weighted by Crippen LogP contribution is 2.19. The van der Waals surface area contributed by atoms with Gasteiger partial charge >= 0.3 is 0 Å². The molecule has 0 saturated heterocycles. The Hall–Kier alpha value is -0.740. The van der Waals surface area contributed by atoms with Crippen molar-refractivity contribution in [2.45, 2.75) is 6.92 Å². The van der Waals surface area contributed by atoms with Crippen LogP contribution < -0.4 is 9.47 Å². The van der Waals surface area contributed by atoms with Gasteiger partial charge in [0.2, 0.25) is 4.38 Å². The Bertz CT molecular complexity index is 295. The molecule has 0 aliphatic heterocycles. The first kappa shape index (κ1) is 11.3. The Kier molecular flexibility index (Phi) is 4.76. The van der Waals surface area contributed by atoms with Crippen molar-refractivity contribution in [3.05, 3.63) is 24.3 Å². The van der Waals surface area contributed by atoms with E-state index in [4.69, 9.17) is 21.7 Å². The number of benzene rings is 1. The molecule has 1 aromatic rings. The van der Waals surface area contributed by atoms with Crippen molar-refractivity contribution in [2.24, 2.45) is 0 Å². The average Bonchev–Trinajstić information content (AvgIpc) is 2.19. The van der Waals surface area contributed by atoms with Crippen LogP contribution in [0.4, 0.5) is 0 Å². The summed E-state index contributed by atoms with van der Waals surface area (Å²) in [6, 6.07) is 7.35. The Morgan fingerprint density at radius 2 is 1.86 bits per heavy atom. The first-order valence-corrected chi connectivity index (χ1v) is 5.64. The quantitative estimate of drug-likeness (QED) is 0.740. The van der Waals surface area contributed by atoms with Crippen LogP contribution in [0.25, 0.3) is 0 Å². The van der Waals surface area contributed by atoms with Gasteiger partial charge in [-0.1, -0.05) is 18.7 Å². The minimum absolute atomic E-state index is 0.553. The van der Waals surface area contributed by atoms with E-state index in [-0.39, 0.29) is 0 Å². The smallest absolute Gasteiger partial charge is 0.225 e. The van der Waals surface area contributed by atoms with Gasteiger partial charge in [0.1, 0.15) is 11.5 Å². The molecule has 0 aromatic heterocycles.